The number of ether oxygens (including phenoxy) is 3. The summed E-state index contributed by atoms with van der Waals surface area (Å²) < 4.78 is 15.9. The van der Waals surface area contributed by atoms with E-state index in [1.807, 2.05) is 24.3 Å². The van der Waals surface area contributed by atoms with E-state index in [1.54, 1.807) is 57.7 Å². The van der Waals surface area contributed by atoms with Crippen LogP contribution in [0, 0.1) is 0 Å². The Bertz CT molecular complexity index is 1280. The Hall–Kier alpha value is -4.53. The molecule has 0 spiro atoms. The highest BCUT2D eigenvalue weighted by Crippen LogP contribution is 2.34. The summed E-state index contributed by atoms with van der Waals surface area (Å²) in [7, 11) is 4.74. The van der Waals surface area contributed by atoms with Crippen molar-refractivity contribution in [2.75, 3.05) is 37.3 Å². The van der Waals surface area contributed by atoms with E-state index in [0.29, 0.717) is 34.4 Å². The van der Waals surface area contributed by atoms with Crippen molar-refractivity contribution in [3.05, 3.63) is 67.0 Å². The Kier molecular flexibility index (Phi) is 6.40. The maximum absolute atomic E-state index is 12.3. The molecule has 1 aromatic heterocycles. The van der Waals surface area contributed by atoms with Crippen LogP contribution in [0.1, 0.15) is 0 Å². The third-order valence-electron chi connectivity index (χ3n) is 4.87. The van der Waals surface area contributed by atoms with Crippen molar-refractivity contribution in [1.82, 2.24) is 9.97 Å². The number of fused-ring (bicyclic) bond motifs is 1. The van der Waals surface area contributed by atoms with Gasteiger partial charge in [0.1, 0.15) is 17.9 Å². The number of hydrogen-bond donors (Lipinski definition) is 3. The van der Waals surface area contributed by atoms with Crippen LogP contribution in [0.2, 0.25) is 0 Å². The molecular formula is C24H23N5O4. The van der Waals surface area contributed by atoms with Crippen molar-refractivity contribution < 1.29 is 19.0 Å². The van der Waals surface area contributed by atoms with E-state index in [2.05, 4.69) is 25.9 Å². The largest absolute Gasteiger partial charge is 0.497 e. The van der Waals surface area contributed by atoms with E-state index >= 15 is 0 Å². The molecule has 9 nitrogen and oxygen atoms in total. The molecule has 0 saturated carbocycles. The second-order valence-corrected chi connectivity index (χ2v) is 6.96. The van der Waals surface area contributed by atoms with Crippen molar-refractivity contribution in [1.29, 1.82) is 0 Å². The van der Waals surface area contributed by atoms with Gasteiger partial charge in [-0.05, 0) is 42.5 Å². The van der Waals surface area contributed by atoms with Crippen LogP contribution in [0.15, 0.2) is 67.0 Å². The van der Waals surface area contributed by atoms with E-state index in [1.165, 1.54) is 6.33 Å². The second kappa shape index (κ2) is 9.73. The third-order valence-corrected chi connectivity index (χ3v) is 4.87. The molecule has 3 N–H and O–H groups in total. The molecule has 0 aliphatic carbocycles. The maximum Gasteiger partial charge on any atom is 0.323 e. The number of aromatic nitrogens is 2. The van der Waals surface area contributed by atoms with Gasteiger partial charge in [-0.2, -0.15) is 0 Å². The first-order valence-electron chi connectivity index (χ1n) is 10.1. The van der Waals surface area contributed by atoms with E-state index in [4.69, 9.17) is 14.2 Å². The number of rotatable bonds is 7. The molecule has 168 valence electrons. The number of urea groups is 1. The summed E-state index contributed by atoms with van der Waals surface area (Å²) in [5.74, 6) is 2.47. The summed E-state index contributed by atoms with van der Waals surface area (Å²) in [6, 6.07) is 17.7. The molecule has 33 heavy (non-hydrogen) atoms. The van der Waals surface area contributed by atoms with Crippen LogP contribution in [0.3, 0.4) is 0 Å². The molecule has 4 rings (SSSR count). The first kappa shape index (κ1) is 21.7. The van der Waals surface area contributed by atoms with Crippen LogP contribution < -0.4 is 30.2 Å². The fraction of sp³-hybridized carbons (Fsp3) is 0.125. The summed E-state index contributed by atoms with van der Waals surface area (Å²) in [4.78, 5) is 21.0. The number of anilines is 4. The van der Waals surface area contributed by atoms with Crippen LogP contribution in [0.5, 0.6) is 17.2 Å². The van der Waals surface area contributed by atoms with Crippen molar-refractivity contribution in [2.45, 2.75) is 0 Å². The minimum atomic E-state index is -0.355. The van der Waals surface area contributed by atoms with Gasteiger partial charge in [0.2, 0.25) is 0 Å². The molecular weight excluding hydrogens is 422 g/mol. The Balaban J connectivity index is 1.46. The van der Waals surface area contributed by atoms with Crippen molar-refractivity contribution in [2.24, 2.45) is 0 Å². The molecule has 0 bridgehead atoms. The number of nitrogens with one attached hydrogen (secondary N) is 3. The zero-order chi connectivity index (χ0) is 23.2. The van der Waals surface area contributed by atoms with E-state index < -0.39 is 0 Å². The van der Waals surface area contributed by atoms with Crippen LogP contribution in [0.4, 0.5) is 27.7 Å². The molecule has 4 aromatic rings. The Morgan fingerprint density at radius 1 is 0.758 bits per heavy atom. The standard InChI is InChI=1S/C24H23N5O4/c1-31-18-6-4-5-17(11-18)29-24(30)28-16-9-7-15(8-10-16)27-23-19-12-21(32-2)22(33-3)13-20(19)25-14-26-23/h4-14H,1-3H3,(H,25,26,27)(H2,28,29,30). The molecule has 0 radical (unpaired) electrons. The highest BCUT2D eigenvalue weighted by atomic mass is 16.5. The quantitative estimate of drug-likeness (QED) is 0.366. The zero-order valence-corrected chi connectivity index (χ0v) is 18.4. The molecule has 9 heteroatoms. The predicted molar refractivity (Wildman–Crippen MR) is 128 cm³/mol. The minimum absolute atomic E-state index is 0.355. The number of carbonyl (C=O) groups excluding carboxylic acids is 1. The Morgan fingerprint density at radius 2 is 1.45 bits per heavy atom. The van der Waals surface area contributed by atoms with Crippen LogP contribution in [-0.2, 0) is 0 Å². The minimum Gasteiger partial charge on any atom is -0.497 e. The summed E-state index contributed by atoms with van der Waals surface area (Å²) in [6.45, 7) is 0. The van der Waals surface area contributed by atoms with Crippen LogP contribution in [-0.4, -0.2) is 37.3 Å². The Morgan fingerprint density at radius 3 is 2.18 bits per heavy atom. The fourth-order valence-corrected chi connectivity index (χ4v) is 3.25. The highest BCUT2D eigenvalue weighted by Gasteiger charge is 2.11. The van der Waals surface area contributed by atoms with Gasteiger partial charge in [0, 0.05) is 34.6 Å². The number of hydrogen-bond acceptors (Lipinski definition) is 7. The lowest BCUT2D eigenvalue weighted by atomic mass is 10.2. The first-order valence-corrected chi connectivity index (χ1v) is 10.1. The van der Waals surface area contributed by atoms with Gasteiger partial charge in [-0.15, -0.1) is 0 Å². The molecule has 0 saturated heterocycles. The SMILES string of the molecule is COc1cccc(NC(=O)Nc2ccc(Nc3ncnc4cc(OC)c(OC)cc34)cc2)c1. The van der Waals surface area contributed by atoms with Crippen LogP contribution in [0.25, 0.3) is 10.9 Å². The van der Waals surface area contributed by atoms with E-state index in [-0.39, 0.29) is 6.03 Å². The third kappa shape index (κ3) is 5.04. The second-order valence-electron chi connectivity index (χ2n) is 6.96. The number of nitrogens with zero attached hydrogens (tertiary/aromatic N) is 2. The highest BCUT2D eigenvalue weighted by molar-refractivity contribution is 6.00. The molecule has 2 amide bonds. The fourth-order valence-electron chi connectivity index (χ4n) is 3.25. The monoisotopic (exact) mass is 445 g/mol. The molecule has 0 fully saturated rings. The van der Waals surface area contributed by atoms with Crippen LogP contribution >= 0.6 is 0 Å². The van der Waals surface area contributed by atoms with Gasteiger partial charge in [0.25, 0.3) is 0 Å². The number of benzene rings is 3. The van der Waals surface area contributed by atoms with E-state index in [0.717, 1.165) is 16.6 Å². The van der Waals surface area contributed by atoms with Gasteiger partial charge < -0.3 is 30.2 Å². The molecule has 3 aromatic carbocycles. The normalized spacial score (nSPS) is 10.4. The topological polar surface area (TPSA) is 107 Å². The lowest BCUT2D eigenvalue weighted by molar-refractivity contribution is 0.262. The average Bonchev–Trinajstić information content (AvgIpc) is 2.84. The van der Waals surface area contributed by atoms with Gasteiger partial charge in [-0.3, -0.25) is 0 Å². The van der Waals surface area contributed by atoms with Gasteiger partial charge in [0.15, 0.2) is 11.5 Å². The zero-order valence-electron chi connectivity index (χ0n) is 18.4. The lowest BCUT2D eigenvalue weighted by Crippen LogP contribution is -2.19. The average molecular weight is 445 g/mol. The Labute approximate surface area is 190 Å². The summed E-state index contributed by atoms with van der Waals surface area (Å²) in [5.41, 5.74) is 2.79. The predicted octanol–water partition coefficient (Wildman–Crippen LogP) is 5.04. The first-order chi connectivity index (χ1) is 16.1. The van der Waals surface area contributed by atoms with Crippen molar-refractivity contribution in [3.8, 4) is 17.2 Å². The summed E-state index contributed by atoms with van der Waals surface area (Å²) in [5, 5.41) is 9.64. The van der Waals surface area contributed by atoms with Gasteiger partial charge in [-0.1, -0.05) is 6.07 Å². The maximum atomic E-state index is 12.3. The van der Waals surface area contributed by atoms with Gasteiger partial charge >= 0.3 is 6.03 Å². The molecule has 0 atom stereocenters. The number of methoxy groups -OCH3 is 3. The molecule has 0 unspecified atom stereocenters. The van der Waals surface area contributed by atoms with Gasteiger partial charge in [0.05, 0.1) is 26.8 Å². The summed E-state index contributed by atoms with van der Waals surface area (Å²) in [6.07, 6.45) is 1.48. The van der Waals surface area contributed by atoms with Crippen molar-refractivity contribution in [3.63, 3.8) is 0 Å². The number of amides is 2. The van der Waals surface area contributed by atoms with Gasteiger partial charge in [-0.25, -0.2) is 14.8 Å². The lowest BCUT2D eigenvalue weighted by Gasteiger charge is -2.13. The smallest absolute Gasteiger partial charge is 0.323 e. The molecule has 0 aliphatic rings. The van der Waals surface area contributed by atoms with Crippen molar-refractivity contribution >= 4 is 39.8 Å². The number of carbonyl (C=O) groups is 1. The molecule has 0 aliphatic heterocycles. The van der Waals surface area contributed by atoms with E-state index in [9.17, 15) is 4.79 Å². The summed E-state index contributed by atoms with van der Waals surface area (Å²) >= 11 is 0. The molecule has 1 heterocycles.